The molecule has 0 unspecified atom stereocenters. The smallest absolute Gasteiger partial charge is 0.210 e. The summed E-state index contributed by atoms with van der Waals surface area (Å²) in [6.45, 7) is 4.40. The van der Waals surface area contributed by atoms with Gasteiger partial charge in [0.2, 0.25) is 5.13 Å². The molecule has 0 radical (unpaired) electrons. The minimum Gasteiger partial charge on any atom is -0.497 e. The molecule has 0 amide bonds. The normalized spacial score (nSPS) is 11.7. The summed E-state index contributed by atoms with van der Waals surface area (Å²) in [7, 11) is 1.63. The molecule has 0 spiro atoms. The number of hydrogen-bond acceptors (Lipinski definition) is 8. The maximum absolute atomic E-state index is 12.7. The van der Waals surface area contributed by atoms with Crippen LogP contribution in [0.5, 0.6) is 11.5 Å². The van der Waals surface area contributed by atoms with E-state index >= 15 is 0 Å². The van der Waals surface area contributed by atoms with Crippen LogP contribution in [0.2, 0.25) is 0 Å². The van der Waals surface area contributed by atoms with Crippen LogP contribution in [0, 0.1) is 0 Å². The van der Waals surface area contributed by atoms with Crippen molar-refractivity contribution in [1.82, 2.24) is 10.2 Å². The van der Waals surface area contributed by atoms with Crippen molar-refractivity contribution in [3.8, 4) is 11.5 Å². The number of ether oxygens (including phenoxy) is 2. The van der Waals surface area contributed by atoms with Crippen LogP contribution >= 0.6 is 23.1 Å². The Morgan fingerprint density at radius 1 is 1.18 bits per heavy atom. The van der Waals surface area contributed by atoms with Gasteiger partial charge in [-0.1, -0.05) is 29.2 Å². The minimum atomic E-state index is -0.268. The Labute approximate surface area is 172 Å². The third-order valence-electron chi connectivity index (χ3n) is 3.82. The van der Waals surface area contributed by atoms with Gasteiger partial charge in [0.1, 0.15) is 11.5 Å². The van der Waals surface area contributed by atoms with Crippen molar-refractivity contribution < 1.29 is 14.3 Å². The summed E-state index contributed by atoms with van der Waals surface area (Å²) in [4.78, 5) is 12.7. The van der Waals surface area contributed by atoms with Crippen molar-refractivity contribution in [2.45, 2.75) is 23.4 Å². The number of rotatable bonds is 9. The zero-order chi connectivity index (χ0) is 19.9. The number of methoxy groups -OCH3 is 1. The van der Waals surface area contributed by atoms with Gasteiger partial charge in [0.15, 0.2) is 10.1 Å². The van der Waals surface area contributed by atoms with Crippen LogP contribution in [0.15, 0.2) is 52.9 Å². The summed E-state index contributed by atoms with van der Waals surface area (Å²) in [6, 6.07) is 14.8. The van der Waals surface area contributed by atoms with Crippen LogP contribution in [0.4, 0.5) is 10.8 Å². The van der Waals surface area contributed by atoms with Gasteiger partial charge in [0.25, 0.3) is 0 Å². The van der Waals surface area contributed by atoms with Gasteiger partial charge in [-0.15, -0.1) is 10.2 Å². The fourth-order valence-electron chi connectivity index (χ4n) is 2.45. The van der Waals surface area contributed by atoms with Gasteiger partial charge in [0, 0.05) is 17.3 Å². The second kappa shape index (κ2) is 9.57. The molecule has 2 aromatic carbocycles. The quantitative estimate of drug-likeness (QED) is 0.387. The van der Waals surface area contributed by atoms with Gasteiger partial charge in [-0.2, -0.15) is 0 Å². The molecule has 3 aromatic rings. The molecule has 0 saturated carbocycles. The number of benzene rings is 2. The summed E-state index contributed by atoms with van der Waals surface area (Å²) >= 11 is 2.81. The molecule has 146 valence electrons. The van der Waals surface area contributed by atoms with E-state index in [1.807, 2.05) is 50.2 Å². The molecule has 0 fully saturated rings. The lowest BCUT2D eigenvalue weighted by molar-refractivity contribution is 0.0994. The van der Waals surface area contributed by atoms with Gasteiger partial charge in [-0.3, -0.25) is 4.79 Å². The van der Waals surface area contributed by atoms with Crippen molar-refractivity contribution >= 4 is 39.7 Å². The highest BCUT2D eigenvalue weighted by Crippen LogP contribution is 2.32. The lowest BCUT2D eigenvalue weighted by Gasteiger charge is -2.09. The third kappa shape index (κ3) is 5.24. The number of thioether (sulfide) groups is 1. The number of hydrogen-bond donors (Lipinski definition) is 1. The number of Topliss-reactive ketones (excluding diaryl/α,β-unsaturated/α-hetero) is 1. The van der Waals surface area contributed by atoms with Crippen LogP contribution < -0.4 is 14.8 Å². The SMILES string of the molecule is CCOc1ccc(C(=O)[C@H](C)Sc2nnc(Nc3cccc(OC)c3)s2)cc1. The first-order chi connectivity index (χ1) is 13.6. The molecule has 0 aliphatic heterocycles. The Morgan fingerprint density at radius 2 is 1.96 bits per heavy atom. The minimum absolute atomic E-state index is 0.0468. The van der Waals surface area contributed by atoms with Crippen molar-refractivity contribution in [1.29, 1.82) is 0 Å². The summed E-state index contributed by atoms with van der Waals surface area (Å²) in [5, 5.41) is 11.9. The predicted octanol–water partition coefficient (Wildman–Crippen LogP) is 5.05. The summed E-state index contributed by atoms with van der Waals surface area (Å²) in [5.41, 5.74) is 1.52. The average molecular weight is 416 g/mol. The van der Waals surface area contributed by atoms with Crippen molar-refractivity contribution in [3.63, 3.8) is 0 Å². The molecule has 0 saturated heterocycles. The zero-order valence-electron chi connectivity index (χ0n) is 15.8. The number of aromatic nitrogens is 2. The highest BCUT2D eigenvalue weighted by Gasteiger charge is 2.19. The molecule has 1 heterocycles. The fourth-order valence-corrected chi connectivity index (χ4v) is 4.45. The number of carbonyl (C=O) groups is 1. The number of nitrogens with one attached hydrogen (secondary N) is 1. The number of ketones is 1. The standard InChI is InChI=1S/C20H21N3O3S2/c1-4-26-16-10-8-14(9-11-16)18(24)13(2)27-20-23-22-19(28-20)21-15-6-5-7-17(12-15)25-3/h5-13H,4H2,1-3H3,(H,21,22)/t13-/m0/s1. The van der Waals surface area contributed by atoms with Crippen LogP contribution in [0.3, 0.4) is 0 Å². The van der Waals surface area contributed by atoms with E-state index < -0.39 is 0 Å². The van der Waals surface area contributed by atoms with Crippen LogP contribution in [-0.4, -0.2) is 34.9 Å². The average Bonchev–Trinajstić information content (AvgIpc) is 3.15. The zero-order valence-corrected chi connectivity index (χ0v) is 17.5. The summed E-state index contributed by atoms with van der Waals surface area (Å²) in [5.74, 6) is 1.57. The van der Waals surface area contributed by atoms with E-state index in [0.717, 1.165) is 21.5 Å². The molecule has 0 aliphatic carbocycles. The van der Waals surface area contributed by atoms with Gasteiger partial charge in [0.05, 0.1) is 19.0 Å². The highest BCUT2D eigenvalue weighted by atomic mass is 32.2. The lowest BCUT2D eigenvalue weighted by atomic mass is 10.1. The second-order valence-corrected chi connectivity index (χ2v) is 8.38. The second-order valence-electron chi connectivity index (χ2n) is 5.81. The van der Waals surface area contributed by atoms with Gasteiger partial charge in [-0.05, 0) is 50.2 Å². The van der Waals surface area contributed by atoms with Crippen LogP contribution in [0.1, 0.15) is 24.2 Å². The fraction of sp³-hybridized carbons (Fsp3) is 0.250. The van der Waals surface area contributed by atoms with Gasteiger partial charge < -0.3 is 14.8 Å². The molecule has 3 rings (SSSR count). The van der Waals surface area contributed by atoms with E-state index in [2.05, 4.69) is 15.5 Å². The van der Waals surface area contributed by atoms with E-state index in [0.29, 0.717) is 17.3 Å². The van der Waals surface area contributed by atoms with Crippen molar-refractivity contribution in [2.24, 2.45) is 0 Å². The van der Waals surface area contributed by atoms with Crippen LogP contribution in [0.25, 0.3) is 0 Å². The Kier molecular flexibility index (Phi) is 6.89. The molecule has 0 aliphatic rings. The molecule has 1 N–H and O–H groups in total. The maximum Gasteiger partial charge on any atom is 0.210 e. The number of carbonyl (C=O) groups excluding carboxylic acids is 1. The Morgan fingerprint density at radius 3 is 2.68 bits per heavy atom. The van der Waals surface area contributed by atoms with Gasteiger partial charge >= 0.3 is 0 Å². The van der Waals surface area contributed by atoms with E-state index in [1.165, 1.54) is 23.1 Å². The topological polar surface area (TPSA) is 73.3 Å². The Hall–Kier alpha value is -2.58. The first-order valence-electron chi connectivity index (χ1n) is 8.77. The third-order valence-corrected chi connectivity index (χ3v) is 5.85. The summed E-state index contributed by atoms with van der Waals surface area (Å²) < 4.78 is 11.4. The molecular weight excluding hydrogens is 394 g/mol. The van der Waals surface area contributed by atoms with E-state index in [-0.39, 0.29) is 11.0 Å². The van der Waals surface area contributed by atoms with Crippen molar-refractivity contribution in [2.75, 3.05) is 19.0 Å². The largest absolute Gasteiger partial charge is 0.497 e. The molecule has 1 atom stereocenters. The predicted molar refractivity (Wildman–Crippen MR) is 113 cm³/mol. The lowest BCUT2D eigenvalue weighted by Crippen LogP contribution is -2.13. The van der Waals surface area contributed by atoms with E-state index in [1.54, 1.807) is 19.2 Å². The van der Waals surface area contributed by atoms with E-state index in [4.69, 9.17) is 9.47 Å². The van der Waals surface area contributed by atoms with Crippen LogP contribution in [-0.2, 0) is 0 Å². The molecule has 28 heavy (non-hydrogen) atoms. The number of anilines is 2. The highest BCUT2D eigenvalue weighted by molar-refractivity contribution is 8.02. The molecule has 1 aromatic heterocycles. The number of nitrogens with zero attached hydrogens (tertiary/aromatic N) is 2. The molecule has 8 heteroatoms. The van der Waals surface area contributed by atoms with Crippen molar-refractivity contribution in [3.05, 3.63) is 54.1 Å². The molecule has 0 bridgehead atoms. The molecular formula is C20H21N3O3S2. The Bertz CT molecular complexity index is 928. The Balaban J connectivity index is 1.61. The maximum atomic E-state index is 12.7. The first kappa shape index (κ1) is 20.2. The van der Waals surface area contributed by atoms with Gasteiger partial charge in [-0.25, -0.2) is 0 Å². The summed E-state index contributed by atoms with van der Waals surface area (Å²) in [6.07, 6.45) is 0. The first-order valence-corrected chi connectivity index (χ1v) is 10.5. The van der Waals surface area contributed by atoms with E-state index in [9.17, 15) is 4.79 Å². The molecule has 6 nitrogen and oxygen atoms in total. The monoisotopic (exact) mass is 415 g/mol.